The highest BCUT2D eigenvalue weighted by molar-refractivity contribution is 14.1. The van der Waals surface area contributed by atoms with Gasteiger partial charge in [-0.3, -0.25) is 4.68 Å². The van der Waals surface area contributed by atoms with E-state index in [1.54, 1.807) is 6.20 Å². The Kier molecular flexibility index (Phi) is 5.60. The lowest BCUT2D eigenvalue weighted by Crippen LogP contribution is -2.15. The highest BCUT2D eigenvalue weighted by Crippen LogP contribution is 2.15. The van der Waals surface area contributed by atoms with Crippen molar-refractivity contribution in [2.24, 2.45) is 0 Å². The van der Waals surface area contributed by atoms with Crippen molar-refractivity contribution >= 4 is 22.6 Å². The third kappa shape index (κ3) is 3.97. The zero-order valence-corrected chi connectivity index (χ0v) is 11.4. The average Bonchev–Trinajstić information content (AvgIpc) is 2.56. The van der Waals surface area contributed by atoms with Crippen molar-refractivity contribution in [3.05, 3.63) is 15.5 Å². The van der Waals surface area contributed by atoms with Gasteiger partial charge in [0, 0.05) is 0 Å². The zero-order valence-electron chi connectivity index (χ0n) is 9.29. The van der Waals surface area contributed by atoms with Crippen LogP contribution in [-0.4, -0.2) is 22.3 Å². The molecule has 1 rings (SSSR count). The highest BCUT2D eigenvalue weighted by Gasteiger charge is 2.13. The number of aromatic nitrogens is 2. The maximum atomic E-state index is 12.3. The van der Waals surface area contributed by atoms with E-state index in [0.29, 0.717) is 6.61 Å². The summed E-state index contributed by atoms with van der Waals surface area (Å²) < 4.78 is 32.2. The second kappa shape index (κ2) is 6.48. The summed E-state index contributed by atoms with van der Waals surface area (Å²) in [5.41, 5.74) is 0.723. The van der Waals surface area contributed by atoms with Crippen LogP contribution in [0.25, 0.3) is 0 Å². The predicted octanol–water partition coefficient (Wildman–Crippen LogP) is 3.07. The van der Waals surface area contributed by atoms with Crippen LogP contribution in [0.2, 0.25) is 0 Å². The van der Waals surface area contributed by atoms with E-state index in [2.05, 4.69) is 27.7 Å². The molecule has 0 aliphatic heterocycles. The average molecular weight is 344 g/mol. The maximum Gasteiger partial charge on any atom is 0.257 e. The first-order valence-corrected chi connectivity index (χ1v) is 6.22. The van der Waals surface area contributed by atoms with E-state index in [1.807, 2.05) is 13.8 Å². The number of ether oxygens (including phenoxy) is 1. The molecule has 0 spiro atoms. The van der Waals surface area contributed by atoms with Crippen molar-refractivity contribution in [3.8, 4) is 0 Å². The van der Waals surface area contributed by atoms with Gasteiger partial charge in [0.1, 0.15) is 6.54 Å². The first kappa shape index (κ1) is 13.8. The zero-order chi connectivity index (χ0) is 12.1. The summed E-state index contributed by atoms with van der Waals surface area (Å²) in [5, 5.41) is 3.91. The summed E-state index contributed by atoms with van der Waals surface area (Å²) in [7, 11) is 0. The fourth-order valence-corrected chi connectivity index (χ4v) is 1.72. The monoisotopic (exact) mass is 344 g/mol. The van der Waals surface area contributed by atoms with E-state index in [9.17, 15) is 8.78 Å². The van der Waals surface area contributed by atoms with Gasteiger partial charge in [-0.15, -0.1) is 0 Å². The van der Waals surface area contributed by atoms with E-state index < -0.39 is 6.43 Å². The van der Waals surface area contributed by atoms with Crippen molar-refractivity contribution in [2.75, 3.05) is 0 Å². The molecule has 1 aromatic rings. The summed E-state index contributed by atoms with van der Waals surface area (Å²) >= 11 is 2.08. The summed E-state index contributed by atoms with van der Waals surface area (Å²) in [6.45, 7) is 3.94. The molecule has 1 aromatic heterocycles. The van der Waals surface area contributed by atoms with Crippen LogP contribution in [0.4, 0.5) is 8.78 Å². The van der Waals surface area contributed by atoms with Crippen LogP contribution in [0, 0.1) is 3.57 Å². The molecule has 0 aromatic carbocycles. The lowest BCUT2D eigenvalue weighted by Gasteiger charge is -2.12. The quantitative estimate of drug-likeness (QED) is 0.742. The first-order valence-electron chi connectivity index (χ1n) is 5.14. The molecule has 0 fully saturated rings. The van der Waals surface area contributed by atoms with Gasteiger partial charge in [-0.25, -0.2) is 8.78 Å². The number of rotatable bonds is 6. The number of alkyl halides is 2. The van der Waals surface area contributed by atoms with Gasteiger partial charge < -0.3 is 4.74 Å². The molecule has 0 radical (unpaired) electrons. The SMILES string of the molecule is CC[C@@H](C)OCc1c(I)cnn1CC(F)F. The molecule has 1 heterocycles. The molecule has 16 heavy (non-hydrogen) atoms. The van der Waals surface area contributed by atoms with Gasteiger partial charge in [0.05, 0.1) is 28.2 Å². The van der Waals surface area contributed by atoms with Crippen LogP contribution >= 0.6 is 22.6 Å². The molecule has 0 bridgehead atoms. The Morgan fingerprint density at radius 3 is 2.81 bits per heavy atom. The topological polar surface area (TPSA) is 27.1 Å². The second-order valence-corrected chi connectivity index (χ2v) is 4.70. The molecular formula is C10H15F2IN2O. The third-order valence-corrected chi connectivity index (χ3v) is 3.19. The van der Waals surface area contributed by atoms with E-state index in [4.69, 9.17) is 4.74 Å². The predicted molar refractivity (Wildman–Crippen MR) is 65.5 cm³/mol. The summed E-state index contributed by atoms with van der Waals surface area (Å²) in [5.74, 6) is 0. The molecule has 0 unspecified atom stereocenters. The van der Waals surface area contributed by atoms with Crippen molar-refractivity contribution in [1.82, 2.24) is 9.78 Å². The number of hydrogen-bond acceptors (Lipinski definition) is 2. The molecule has 0 saturated heterocycles. The molecule has 0 aliphatic rings. The van der Waals surface area contributed by atoms with E-state index in [0.717, 1.165) is 15.7 Å². The largest absolute Gasteiger partial charge is 0.372 e. The minimum atomic E-state index is -2.39. The summed E-state index contributed by atoms with van der Waals surface area (Å²) in [4.78, 5) is 0. The first-order chi connectivity index (χ1) is 7.54. The van der Waals surface area contributed by atoms with Gasteiger partial charge in [0.2, 0.25) is 0 Å². The molecular weight excluding hydrogens is 329 g/mol. The number of halogens is 3. The second-order valence-electron chi connectivity index (χ2n) is 3.54. The maximum absolute atomic E-state index is 12.3. The lowest BCUT2D eigenvalue weighted by atomic mass is 10.3. The minimum absolute atomic E-state index is 0.130. The fraction of sp³-hybridized carbons (Fsp3) is 0.700. The van der Waals surface area contributed by atoms with Crippen LogP contribution in [0.3, 0.4) is 0 Å². The van der Waals surface area contributed by atoms with Crippen LogP contribution < -0.4 is 0 Å². The molecule has 0 N–H and O–H groups in total. The van der Waals surface area contributed by atoms with Crippen LogP contribution in [-0.2, 0) is 17.9 Å². The van der Waals surface area contributed by atoms with Gasteiger partial charge >= 0.3 is 0 Å². The van der Waals surface area contributed by atoms with Gasteiger partial charge in [-0.2, -0.15) is 5.10 Å². The molecule has 1 atom stereocenters. The Morgan fingerprint density at radius 1 is 1.56 bits per heavy atom. The van der Waals surface area contributed by atoms with E-state index in [1.165, 1.54) is 4.68 Å². The fourth-order valence-electron chi connectivity index (χ4n) is 1.16. The Hall–Kier alpha value is -0.240. The van der Waals surface area contributed by atoms with Crippen molar-refractivity contribution in [1.29, 1.82) is 0 Å². The standard InChI is InChI=1S/C10H15F2IN2O/c1-3-7(2)16-6-9-8(13)4-14-15(9)5-10(11)12/h4,7,10H,3,5-6H2,1-2H3/t7-/m1/s1. The molecule has 92 valence electrons. The van der Waals surface area contributed by atoms with Crippen LogP contribution in [0.15, 0.2) is 6.20 Å². The Labute approximate surface area is 107 Å². The van der Waals surface area contributed by atoms with Crippen LogP contribution in [0.1, 0.15) is 26.0 Å². The van der Waals surface area contributed by atoms with Crippen molar-refractivity contribution in [3.63, 3.8) is 0 Å². The number of hydrogen-bond donors (Lipinski definition) is 0. The summed E-state index contributed by atoms with van der Waals surface area (Å²) in [6, 6.07) is 0. The molecule has 0 aliphatic carbocycles. The van der Waals surface area contributed by atoms with Gasteiger partial charge in [-0.05, 0) is 35.9 Å². The van der Waals surface area contributed by atoms with Crippen molar-refractivity contribution < 1.29 is 13.5 Å². The van der Waals surface area contributed by atoms with Gasteiger partial charge in [0.15, 0.2) is 0 Å². The molecule has 0 amide bonds. The molecule has 6 heteroatoms. The summed E-state index contributed by atoms with van der Waals surface area (Å²) in [6.07, 6.45) is 0.224. The minimum Gasteiger partial charge on any atom is -0.372 e. The van der Waals surface area contributed by atoms with E-state index in [-0.39, 0.29) is 12.6 Å². The van der Waals surface area contributed by atoms with Crippen LogP contribution in [0.5, 0.6) is 0 Å². The van der Waals surface area contributed by atoms with Crippen molar-refractivity contribution in [2.45, 2.75) is 45.9 Å². The Balaban J connectivity index is 2.66. The normalized spacial score (nSPS) is 13.4. The third-order valence-electron chi connectivity index (χ3n) is 2.29. The molecule has 0 saturated carbocycles. The highest BCUT2D eigenvalue weighted by atomic mass is 127. The van der Waals surface area contributed by atoms with Gasteiger partial charge in [0.25, 0.3) is 6.43 Å². The lowest BCUT2D eigenvalue weighted by molar-refractivity contribution is 0.0435. The Morgan fingerprint density at radius 2 is 2.25 bits per heavy atom. The van der Waals surface area contributed by atoms with Gasteiger partial charge in [-0.1, -0.05) is 6.92 Å². The van der Waals surface area contributed by atoms with E-state index >= 15 is 0 Å². The smallest absolute Gasteiger partial charge is 0.257 e. The molecule has 3 nitrogen and oxygen atoms in total. The Bertz CT molecular complexity index is 331. The number of nitrogens with zero attached hydrogens (tertiary/aromatic N) is 2.